The second-order valence-electron chi connectivity index (χ2n) is 3.02. The zero-order valence-electron chi connectivity index (χ0n) is 7.85. The molecule has 76 valence electrons. The van der Waals surface area contributed by atoms with Crippen molar-refractivity contribution in [1.82, 2.24) is 4.57 Å². The number of benzene rings is 1. The molecule has 1 N–H and O–H groups in total. The molecule has 0 radical (unpaired) electrons. The third kappa shape index (κ3) is 2.02. The molecule has 1 amide bonds. The van der Waals surface area contributed by atoms with Gasteiger partial charge in [-0.15, -0.1) is 0 Å². The second kappa shape index (κ2) is 4.19. The van der Waals surface area contributed by atoms with Gasteiger partial charge in [-0.05, 0) is 30.3 Å². The summed E-state index contributed by atoms with van der Waals surface area (Å²) in [6, 6.07) is 9.32. The highest BCUT2D eigenvalue weighted by Crippen LogP contribution is 2.24. The van der Waals surface area contributed by atoms with Crippen molar-refractivity contribution >= 4 is 23.7 Å². The molecule has 0 fully saturated rings. The molecule has 2 rings (SSSR count). The van der Waals surface area contributed by atoms with Gasteiger partial charge in [-0.3, -0.25) is 4.79 Å². The SMILES string of the molecule is O=CNc1cc(-n2cccc2)ccc1Cl. The zero-order valence-corrected chi connectivity index (χ0v) is 8.61. The number of carbonyl (C=O) groups excluding carboxylic acids is 1. The Kier molecular flexibility index (Phi) is 2.74. The quantitative estimate of drug-likeness (QED) is 0.793. The normalized spacial score (nSPS) is 9.93. The lowest BCUT2D eigenvalue weighted by atomic mass is 10.2. The molecule has 1 heterocycles. The van der Waals surface area contributed by atoms with E-state index < -0.39 is 0 Å². The van der Waals surface area contributed by atoms with E-state index in [9.17, 15) is 4.79 Å². The van der Waals surface area contributed by atoms with E-state index in [1.807, 2.05) is 41.2 Å². The van der Waals surface area contributed by atoms with Crippen LogP contribution >= 0.6 is 11.6 Å². The average Bonchev–Trinajstić information content (AvgIpc) is 2.75. The van der Waals surface area contributed by atoms with E-state index in [0.29, 0.717) is 17.1 Å². The fraction of sp³-hybridized carbons (Fsp3) is 0. The predicted molar refractivity (Wildman–Crippen MR) is 60.5 cm³/mol. The number of halogens is 1. The minimum absolute atomic E-state index is 0.526. The molecule has 0 aliphatic rings. The fourth-order valence-corrected chi connectivity index (χ4v) is 1.53. The van der Waals surface area contributed by atoms with Gasteiger partial charge >= 0.3 is 0 Å². The summed E-state index contributed by atoms with van der Waals surface area (Å²) in [5, 5.41) is 3.08. The lowest BCUT2D eigenvalue weighted by molar-refractivity contribution is -0.105. The van der Waals surface area contributed by atoms with Crippen LogP contribution in [0.15, 0.2) is 42.7 Å². The van der Waals surface area contributed by atoms with E-state index in [4.69, 9.17) is 11.6 Å². The van der Waals surface area contributed by atoms with Crippen LogP contribution < -0.4 is 5.32 Å². The number of rotatable bonds is 3. The van der Waals surface area contributed by atoms with Crippen LogP contribution in [0.3, 0.4) is 0 Å². The van der Waals surface area contributed by atoms with E-state index in [2.05, 4.69) is 5.32 Å². The topological polar surface area (TPSA) is 34.0 Å². The minimum atomic E-state index is 0.526. The van der Waals surface area contributed by atoms with Crippen LogP contribution in [0.2, 0.25) is 5.02 Å². The Morgan fingerprint density at radius 2 is 2.00 bits per heavy atom. The molecule has 2 aromatic rings. The van der Waals surface area contributed by atoms with Crippen LogP contribution in [0.1, 0.15) is 0 Å². The molecular weight excluding hydrogens is 212 g/mol. The van der Waals surface area contributed by atoms with Gasteiger partial charge in [0.15, 0.2) is 0 Å². The lowest BCUT2D eigenvalue weighted by Gasteiger charge is -2.07. The first-order valence-corrected chi connectivity index (χ1v) is 4.82. The van der Waals surface area contributed by atoms with E-state index in [1.54, 1.807) is 6.07 Å². The van der Waals surface area contributed by atoms with Crippen molar-refractivity contribution < 1.29 is 4.79 Å². The molecule has 0 spiro atoms. The third-order valence-corrected chi connectivity index (χ3v) is 2.40. The van der Waals surface area contributed by atoms with Crippen molar-refractivity contribution in [2.24, 2.45) is 0 Å². The van der Waals surface area contributed by atoms with Crippen LogP contribution in [0.4, 0.5) is 5.69 Å². The van der Waals surface area contributed by atoms with Crippen molar-refractivity contribution in [2.45, 2.75) is 0 Å². The molecular formula is C11H9ClN2O. The van der Waals surface area contributed by atoms with E-state index in [0.717, 1.165) is 5.69 Å². The van der Waals surface area contributed by atoms with Crippen LogP contribution in [0, 0.1) is 0 Å². The minimum Gasteiger partial charge on any atom is -0.327 e. The standard InChI is InChI=1S/C11H9ClN2O/c12-10-4-3-9(7-11(10)13-8-15)14-5-1-2-6-14/h1-8H,(H,13,15). The van der Waals surface area contributed by atoms with Gasteiger partial charge in [-0.1, -0.05) is 11.6 Å². The molecule has 0 atom stereocenters. The molecule has 4 heteroatoms. The Balaban J connectivity index is 2.42. The highest BCUT2D eigenvalue weighted by Gasteiger charge is 2.01. The van der Waals surface area contributed by atoms with Crippen LogP contribution in [0.25, 0.3) is 5.69 Å². The molecule has 1 aromatic heterocycles. The largest absolute Gasteiger partial charge is 0.327 e. The van der Waals surface area contributed by atoms with Gasteiger partial charge in [-0.25, -0.2) is 0 Å². The predicted octanol–water partition coefficient (Wildman–Crippen LogP) is 2.70. The fourth-order valence-electron chi connectivity index (χ4n) is 1.35. The second-order valence-corrected chi connectivity index (χ2v) is 3.42. The highest BCUT2D eigenvalue weighted by atomic mass is 35.5. The first-order chi connectivity index (χ1) is 7.31. The number of anilines is 1. The van der Waals surface area contributed by atoms with Gasteiger partial charge in [0, 0.05) is 18.1 Å². The van der Waals surface area contributed by atoms with Gasteiger partial charge < -0.3 is 9.88 Å². The smallest absolute Gasteiger partial charge is 0.211 e. The number of nitrogens with one attached hydrogen (secondary N) is 1. The van der Waals surface area contributed by atoms with Crippen molar-refractivity contribution in [1.29, 1.82) is 0 Å². The first kappa shape index (κ1) is 9.80. The van der Waals surface area contributed by atoms with Crippen LogP contribution in [-0.4, -0.2) is 11.0 Å². The number of aromatic nitrogens is 1. The van der Waals surface area contributed by atoms with E-state index in [-0.39, 0.29) is 0 Å². The molecule has 15 heavy (non-hydrogen) atoms. The Bertz CT molecular complexity index is 465. The van der Waals surface area contributed by atoms with Gasteiger partial charge in [0.1, 0.15) is 0 Å². The number of amides is 1. The molecule has 0 saturated carbocycles. The molecule has 1 aromatic carbocycles. The van der Waals surface area contributed by atoms with Crippen molar-refractivity contribution in [3.8, 4) is 5.69 Å². The number of carbonyl (C=O) groups is 1. The van der Waals surface area contributed by atoms with Gasteiger partial charge in [0.2, 0.25) is 6.41 Å². The third-order valence-electron chi connectivity index (χ3n) is 2.07. The van der Waals surface area contributed by atoms with Crippen molar-refractivity contribution in [2.75, 3.05) is 5.32 Å². The Morgan fingerprint density at radius 3 is 2.67 bits per heavy atom. The number of hydrogen-bond acceptors (Lipinski definition) is 1. The number of nitrogens with zero attached hydrogens (tertiary/aromatic N) is 1. The van der Waals surface area contributed by atoms with Gasteiger partial charge in [-0.2, -0.15) is 0 Å². The summed E-state index contributed by atoms with van der Waals surface area (Å²) in [4.78, 5) is 10.3. The summed E-state index contributed by atoms with van der Waals surface area (Å²) in [6.45, 7) is 0. The summed E-state index contributed by atoms with van der Waals surface area (Å²) in [5.74, 6) is 0. The molecule has 3 nitrogen and oxygen atoms in total. The van der Waals surface area contributed by atoms with E-state index in [1.165, 1.54) is 0 Å². The summed E-state index contributed by atoms with van der Waals surface area (Å²) >= 11 is 5.91. The maximum Gasteiger partial charge on any atom is 0.211 e. The van der Waals surface area contributed by atoms with Crippen molar-refractivity contribution in [3.63, 3.8) is 0 Å². The van der Waals surface area contributed by atoms with Gasteiger partial charge in [0.05, 0.1) is 10.7 Å². The van der Waals surface area contributed by atoms with E-state index >= 15 is 0 Å². The zero-order chi connectivity index (χ0) is 10.7. The molecule has 0 aliphatic heterocycles. The maximum atomic E-state index is 10.3. The Hall–Kier alpha value is -1.74. The molecule has 0 bridgehead atoms. The summed E-state index contributed by atoms with van der Waals surface area (Å²) in [5.41, 5.74) is 1.56. The van der Waals surface area contributed by atoms with Gasteiger partial charge in [0.25, 0.3) is 0 Å². The molecule has 0 saturated heterocycles. The monoisotopic (exact) mass is 220 g/mol. The lowest BCUT2D eigenvalue weighted by Crippen LogP contribution is -1.97. The Labute approximate surface area is 92.3 Å². The summed E-state index contributed by atoms with van der Waals surface area (Å²) < 4.78 is 1.94. The summed E-state index contributed by atoms with van der Waals surface area (Å²) in [6.07, 6.45) is 4.46. The van der Waals surface area contributed by atoms with Crippen LogP contribution in [0.5, 0.6) is 0 Å². The molecule has 0 aliphatic carbocycles. The maximum absolute atomic E-state index is 10.3. The molecule has 0 unspecified atom stereocenters. The van der Waals surface area contributed by atoms with Crippen LogP contribution in [-0.2, 0) is 4.79 Å². The highest BCUT2D eigenvalue weighted by molar-refractivity contribution is 6.33. The van der Waals surface area contributed by atoms with Crippen molar-refractivity contribution in [3.05, 3.63) is 47.7 Å². The summed E-state index contributed by atoms with van der Waals surface area (Å²) in [7, 11) is 0. The Morgan fingerprint density at radius 1 is 1.27 bits per heavy atom. The average molecular weight is 221 g/mol. The first-order valence-electron chi connectivity index (χ1n) is 4.44. The number of hydrogen-bond donors (Lipinski definition) is 1.